The molecular weight excluding hydrogens is 468 g/mol. The molecule has 1 aliphatic heterocycles. The van der Waals surface area contributed by atoms with Crippen LogP contribution in [0, 0.1) is 12.8 Å². The third-order valence-corrected chi connectivity index (χ3v) is 7.07. The van der Waals surface area contributed by atoms with Crippen molar-refractivity contribution < 1.29 is 24.2 Å². The molecule has 0 aromatic heterocycles. The van der Waals surface area contributed by atoms with Crippen LogP contribution in [0.2, 0.25) is 0 Å². The van der Waals surface area contributed by atoms with E-state index in [1.165, 1.54) is 11.1 Å². The lowest BCUT2D eigenvalue weighted by Crippen LogP contribution is -2.44. The lowest BCUT2D eigenvalue weighted by molar-refractivity contribution is -0.142. The van der Waals surface area contributed by atoms with Crippen LogP contribution in [0.1, 0.15) is 62.1 Å². The van der Waals surface area contributed by atoms with Gasteiger partial charge in [-0.3, -0.25) is 9.59 Å². The summed E-state index contributed by atoms with van der Waals surface area (Å²) in [5.74, 6) is -0.247. The fraction of sp³-hybridized carbons (Fsp3) is 0.500. The van der Waals surface area contributed by atoms with E-state index in [9.17, 15) is 19.5 Å². The molecule has 1 saturated heterocycles. The first-order chi connectivity index (χ1) is 17.9. The Morgan fingerprint density at radius 2 is 1.78 bits per heavy atom. The summed E-state index contributed by atoms with van der Waals surface area (Å²) in [4.78, 5) is 39.0. The van der Waals surface area contributed by atoms with E-state index < -0.39 is 12.0 Å². The molecular formula is C30H40N2O5. The molecule has 7 heteroatoms. The van der Waals surface area contributed by atoms with Gasteiger partial charge in [-0.25, -0.2) is 4.79 Å². The van der Waals surface area contributed by atoms with Crippen molar-refractivity contribution in [1.29, 1.82) is 0 Å². The Hall–Kier alpha value is -3.35. The molecule has 2 amide bonds. The summed E-state index contributed by atoms with van der Waals surface area (Å²) in [5, 5.41) is 12.3. The SMILES string of the molecule is CCCCOc1ccc(C[C@H](NC(=O)CC2CCN(C(=O)CCc3ccccc3C)CC2)C(=O)O)cc1. The van der Waals surface area contributed by atoms with Crippen LogP contribution in [0.3, 0.4) is 0 Å². The number of hydrogen-bond acceptors (Lipinski definition) is 4. The summed E-state index contributed by atoms with van der Waals surface area (Å²) < 4.78 is 5.65. The minimum absolute atomic E-state index is 0.148. The number of likely N-dealkylation sites (tertiary alicyclic amines) is 1. The number of nitrogens with zero attached hydrogens (tertiary/aromatic N) is 1. The van der Waals surface area contributed by atoms with Gasteiger partial charge in [0.15, 0.2) is 0 Å². The van der Waals surface area contributed by atoms with Crippen LogP contribution < -0.4 is 10.1 Å². The number of aliphatic carboxylic acids is 1. The largest absolute Gasteiger partial charge is 0.494 e. The molecule has 1 heterocycles. The van der Waals surface area contributed by atoms with E-state index in [1.54, 1.807) is 0 Å². The molecule has 200 valence electrons. The van der Waals surface area contributed by atoms with Crippen LogP contribution in [0.15, 0.2) is 48.5 Å². The Bertz CT molecular complexity index is 1030. The van der Waals surface area contributed by atoms with Crippen molar-refractivity contribution in [3.05, 3.63) is 65.2 Å². The van der Waals surface area contributed by atoms with Crippen LogP contribution >= 0.6 is 0 Å². The molecule has 0 aliphatic carbocycles. The highest BCUT2D eigenvalue weighted by Gasteiger charge is 2.26. The number of carboxylic acid groups (broad SMARTS) is 1. The maximum atomic E-state index is 12.7. The lowest BCUT2D eigenvalue weighted by Gasteiger charge is -2.32. The summed E-state index contributed by atoms with van der Waals surface area (Å²) >= 11 is 0. The maximum Gasteiger partial charge on any atom is 0.326 e. The maximum absolute atomic E-state index is 12.7. The standard InChI is InChI=1S/C30H40N2O5/c1-3-4-19-37-26-12-9-23(10-13-26)20-27(30(35)36)31-28(33)21-24-15-17-32(18-16-24)29(34)14-11-25-8-6-5-7-22(25)2/h5-10,12-13,24,27H,3-4,11,14-21H2,1-2H3,(H,31,33)(H,35,36)/t27-/m0/s1. The molecule has 2 aromatic rings. The molecule has 37 heavy (non-hydrogen) atoms. The van der Waals surface area contributed by atoms with Gasteiger partial charge in [-0.1, -0.05) is 49.7 Å². The minimum atomic E-state index is -1.05. The van der Waals surface area contributed by atoms with Gasteiger partial charge in [0.05, 0.1) is 6.61 Å². The molecule has 0 bridgehead atoms. The number of hydrogen-bond donors (Lipinski definition) is 2. The highest BCUT2D eigenvalue weighted by molar-refractivity contribution is 5.84. The average Bonchev–Trinajstić information content (AvgIpc) is 2.89. The summed E-state index contributed by atoms with van der Waals surface area (Å²) in [5.41, 5.74) is 3.23. The third-order valence-electron chi connectivity index (χ3n) is 7.07. The van der Waals surface area contributed by atoms with Gasteiger partial charge in [0, 0.05) is 32.4 Å². The number of benzene rings is 2. The summed E-state index contributed by atoms with van der Waals surface area (Å²) in [6.07, 6.45) is 5.26. The fourth-order valence-corrected chi connectivity index (χ4v) is 4.68. The Morgan fingerprint density at radius 1 is 1.08 bits per heavy atom. The summed E-state index contributed by atoms with van der Waals surface area (Å²) in [6, 6.07) is 14.5. The number of aryl methyl sites for hydroxylation is 2. The molecule has 0 radical (unpaired) electrons. The van der Waals surface area contributed by atoms with Gasteiger partial charge in [-0.05, 0) is 67.3 Å². The first kappa shape index (κ1) is 28.2. The highest BCUT2D eigenvalue weighted by atomic mass is 16.5. The zero-order chi connectivity index (χ0) is 26.6. The molecule has 2 aromatic carbocycles. The normalized spacial score (nSPS) is 14.7. The highest BCUT2D eigenvalue weighted by Crippen LogP contribution is 2.22. The topological polar surface area (TPSA) is 95.9 Å². The van der Waals surface area contributed by atoms with E-state index in [-0.39, 0.29) is 30.6 Å². The average molecular weight is 509 g/mol. The van der Waals surface area contributed by atoms with Crippen LogP contribution in [0.5, 0.6) is 5.75 Å². The monoisotopic (exact) mass is 508 g/mol. The fourth-order valence-electron chi connectivity index (χ4n) is 4.68. The Morgan fingerprint density at radius 3 is 2.43 bits per heavy atom. The predicted molar refractivity (Wildman–Crippen MR) is 144 cm³/mol. The Kier molecular flexibility index (Phi) is 11.0. The quantitative estimate of drug-likeness (QED) is 0.387. The first-order valence-electron chi connectivity index (χ1n) is 13.4. The number of carbonyl (C=O) groups excluding carboxylic acids is 2. The molecule has 0 spiro atoms. The number of unbranched alkanes of at least 4 members (excludes halogenated alkanes) is 1. The van der Waals surface area contributed by atoms with Gasteiger partial charge in [-0.15, -0.1) is 0 Å². The molecule has 0 unspecified atom stereocenters. The van der Waals surface area contributed by atoms with E-state index in [0.717, 1.165) is 43.4 Å². The predicted octanol–water partition coefficient (Wildman–Crippen LogP) is 4.55. The number of carboxylic acids is 1. The van der Waals surface area contributed by atoms with Gasteiger partial charge in [-0.2, -0.15) is 0 Å². The van der Waals surface area contributed by atoms with E-state index in [4.69, 9.17) is 4.74 Å². The van der Waals surface area contributed by atoms with Crippen molar-refractivity contribution in [2.24, 2.45) is 5.92 Å². The molecule has 1 atom stereocenters. The number of rotatable bonds is 13. The number of carbonyl (C=O) groups is 3. The van der Waals surface area contributed by atoms with Crippen molar-refractivity contribution in [3.8, 4) is 5.75 Å². The van der Waals surface area contributed by atoms with E-state index in [2.05, 4.69) is 31.3 Å². The summed E-state index contributed by atoms with van der Waals surface area (Å²) in [6.45, 7) is 6.10. The van der Waals surface area contributed by atoms with Crippen LogP contribution in [-0.2, 0) is 27.2 Å². The molecule has 1 aliphatic rings. The Balaban J connectivity index is 1.41. The van der Waals surface area contributed by atoms with Crippen molar-refractivity contribution in [1.82, 2.24) is 10.2 Å². The van der Waals surface area contributed by atoms with Crippen LogP contribution in [-0.4, -0.2) is 53.5 Å². The molecule has 3 rings (SSSR count). The van der Waals surface area contributed by atoms with E-state index >= 15 is 0 Å². The smallest absolute Gasteiger partial charge is 0.326 e. The zero-order valence-electron chi connectivity index (χ0n) is 22.1. The number of nitrogens with one attached hydrogen (secondary N) is 1. The lowest BCUT2D eigenvalue weighted by atomic mass is 9.92. The number of amides is 2. The van der Waals surface area contributed by atoms with E-state index in [1.807, 2.05) is 41.3 Å². The van der Waals surface area contributed by atoms with Crippen molar-refractivity contribution >= 4 is 17.8 Å². The van der Waals surface area contributed by atoms with Gasteiger partial charge in [0.1, 0.15) is 11.8 Å². The van der Waals surface area contributed by atoms with Crippen molar-refractivity contribution in [2.45, 2.75) is 71.3 Å². The van der Waals surface area contributed by atoms with Gasteiger partial charge < -0.3 is 20.1 Å². The second-order valence-electron chi connectivity index (χ2n) is 9.96. The van der Waals surface area contributed by atoms with Crippen molar-refractivity contribution in [3.63, 3.8) is 0 Å². The molecule has 1 fully saturated rings. The van der Waals surface area contributed by atoms with Gasteiger partial charge >= 0.3 is 5.97 Å². The molecule has 2 N–H and O–H groups in total. The molecule has 0 saturated carbocycles. The van der Waals surface area contributed by atoms with Gasteiger partial charge in [0.2, 0.25) is 11.8 Å². The number of ether oxygens (including phenoxy) is 1. The van der Waals surface area contributed by atoms with Crippen molar-refractivity contribution in [2.75, 3.05) is 19.7 Å². The van der Waals surface area contributed by atoms with Crippen LogP contribution in [0.25, 0.3) is 0 Å². The zero-order valence-corrected chi connectivity index (χ0v) is 22.1. The molecule has 7 nitrogen and oxygen atoms in total. The second-order valence-corrected chi connectivity index (χ2v) is 9.96. The van der Waals surface area contributed by atoms with E-state index in [0.29, 0.717) is 26.1 Å². The van der Waals surface area contributed by atoms with Crippen LogP contribution in [0.4, 0.5) is 0 Å². The Labute approximate surface area is 220 Å². The van der Waals surface area contributed by atoms with Gasteiger partial charge in [0.25, 0.3) is 0 Å². The third kappa shape index (κ3) is 9.23. The minimum Gasteiger partial charge on any atom is -0.494 e. The second kappa shape index (κ2) is 14.4. The summed E-state index contributed by atoms with van der Waals surface area (Å²) in [7, 11) is 0. The first-order valence-corrected chi connectivity index (χ1v) is 13.4. The number of piperidine rings is 1.